The Morgan fingerprint density at radius 3 is 2.85 bits per heavy atom. The summed E-state index contributed by atoms with van der Waals surface area (Å²) in [6.07, 6.45) is 4.17. The number of rotatable bonds is 7. The first-order chi connectivity index (χ1) is 12.7. The van der Waals surface area contributed by atoms with Crippen molar-refractivity contribution in [2.45, 2.75) is 32.6 Å². The number of ether oxygens (including phenoxy) is 1. The van der Waals surface area contributed by atoms with Crippen LogP contribution in [0.25, 0.3) is 0 Å². The largest absolute Gasteiger partial charge is 0.495 e. The number of nitrogens with zero attached hydrogens (tertiary/aromatic N) is 1. The molecule has 1 aromatic rings. The van der Waals surface area contributed by atoms with Gasteiger partial charge in [0.15, 0.2) is 0 Å². The Morgan fingerprint density at radius 2 is 2.08 bits per heavy atom. The van der Waals surface area contributed by atoms with Crippen molar-refractivity contribution < 1.29 is 9.53 Å². The Morgan fingerprint density at radius 1 is 1.31 bits per heavy atom. The second-order valence-electron chi connectivity index (χ2n) is 7.85. The Hall–Kier alpha value is -1.75. The highest BCUT2D eigenvalue weighted by atomic mass is 16.5. The second-order valence-corrected chi connectivity index (χ2v) is 7.85. The summed E-state index contributed by atoms with van der Waals surface area (Å²) in [5.74, 6) is 2.82. The Kier molecular flexibility index (Phi) is 6.78. The molecule has 0 bridgehead atoms. The van der Waals surface area contributed by atoms with Crippen molar-refractivity contribution in [3.8, 4) is 5.75 Å². The van der Waals surface area contributed by atoms with E-state index in [0.717, 1.165) is 50.6 Å². The predicted octanol–water partition coefficient (Wildman–Crippen LogP) is 2.66. The van der Waals surface area contributed by atoms with E-state index < -0.39 is 0 Å². The van der Waals surface area contributed by atoms with Gasteiger partial charge in [0.25, 0.3) is 0 Å². The van der Waals surface area contributed by atoms with Gasteiger partial charge in [-0.1, -0.05) is 19.1 Å². The van der Waals surface area contributed by atoms with Gasteiger partial charge in [0.1, 0.15) is 5.75 Å². The summed E-state index contributed by atoms with van der Waals surface area (Å²) >= 11 is 0. The number of benzene rings is 1. The normalized spacial score (nSPS) is 22.2. The lowest BCUT2D eigenvalue weighted by Crippen LogP contribution is -2.35. The molecule has 3 rings (SSSR count). The highest BCUT2D eigenvalue weighted by Crippen LogP contribution is 2.31. The molecular formula is C21H33N3O2. The molecule has 26 heavy (non-hydrogen) atoms. The minimum Gasteiger partial charge on any atom is -0.495 e. The topological polar surface area (TPSA) is 53.6 Å². The first-order valence-corrected chi connectivity index (χ1v) is 10.0. The van der Waals surface area contributed by atoms with E-state index in [1.54, 1.807) is 7.11 Å². The number of carbonyl (C=O) groups excluding carboxylic acids is 1. The van der Waals surface area contributed by atoms with Crippen LogP contribution in [-0.4, -0.2) is 45.7 Å². The summed E-state index contributed by atoms with van der Waals surface area (Å²) in [7, 11) is 1.72. The van der Waals surface area contributed by atoms with Gasteiger partial charge in [-0.05, 0) is 62.2 Å². The molecule has 0 saturated carbocycles. The van der Waals surface area contributed by atoms with Crippen LogP contribution in [0, 0.1) is 17.8 Å². The standard InChI is InChI=1S/C21H33N3O2/c1-16(18-7-10-22-11-8-18)13-21(25)23-14-17-9-12-24(15-17)19-5-3-4-6-20(19)26-2/h3-6,16-18,22H,7-15H2,1-2H3,(H,23,25). The molecule has 2 heterocycles. The van der Waals surface area contributed by atoms with Crippen LogP contribution in [0.4, 0.5) is 5.69 Å². The lowest BCUT2D eigenvalue weighted by Gasteiger charge is -2.28. The number of amides is 1. The third-order valence-corrected chi connectivity index (χ3v) is 6.00. The number of hydrogen-bond acceptors (Lipinski definition) is 4. The minimum absolute atomic E-state index is 0.215. The van der Waals surface area contributed by atoms with Gasteiger partial charge < -0.3 is 20.3 Å². The van der Waals surface area contributed by atoms with Crippen molar-refractivity contribution in [1.29, 1.82) is 0 Å². The van der Waals surface area contributed by atoms with E-state index in [1.165, 1.54) is 12.8 Å². The van der Waals surface area contributed by atoms with Gasteiger partial charge in [0.2, 0.25) is 5.91 Å². The summed E-state index contributed by atoms with van der Waals surface area (Å²) < 4.78 is 5.48. The molecule has 2 atom stereocenters. The summed E-state index contributed by atoms with van der Waals surface area (Å²) in [5.41, 5.74) is 1.16. The van der Waals surface area contributed by atoms with Crippen LogP contribution in [0.1, 0.15) is 32.6 Å². The molecule has 2 N–H and O–H groups in total. The quantitative estimate of drug-likeness (QED) is 0.786. The third-order valence-electron chi connectivity index (χ3n) is 6.00. The van der Waals surface area contributed by atoms with Crippen molar-refractivity contribution in [2.75, 3.05) is 44.7 Å². The highest BCUT2D eigenvalue weighted by Gasteiger charge is 2.26. The molecule has 5 nitrogen and oxygen atoms in total. The van der Waals surface area contributed by atoms with Gasteiger partial charge in [-0.25, -0.2) is 0 Å². The minimum atomic E-state index is 0.215. The van der Waals surface area contributed by atoms with Crippen LogP contribution >= 0.6 is 0 Å². The molecule has 1 aromatic carbocycles. The highest BCUT2D eigenvalue weighted by molar-refractivity contribution is 5.76. The summed E-state index contributed by atoms with van der Waals surface area (Å²) in [5, 5.41) is 6.58. The molecule has 0 radical (unpaired) electrons. The molecule has 2 aliphatic heterocycles. The maximum Gasteiger partial charge on any atom is 0.220 e. The Balaban J connectivity index is 1.42. The van der Waals surface area contributed by atoms with Crippen LogP contribution in [0.5, 0.6) is 5.75 Å². The Labute approximate surface area is 157 Å². The van der Waals surface area contributed by atoms with Gasteiger partial charge >= 0.3 is 0 Å². The zero-order chi connectivity index (χ0) is 18.4. The zero-order valence-corrected chi connectivity index (χ0v) is 16.2. The maximum absolute atomic E-state index is 12.3. The lowest BCUT2D eigenvalue weighted by atomic mass is 9.84. The number of hydrogen-bond donors (Lipinski definition) is 2. The number of piperidine rings is 1. The lowest BCUT2D eigenvalue weighted by molar-refractivity contribution is -0.122. The fourth-order valence-electron chi connectivity index (χ4n) is 4.31. The van der Waals surface area contributed by atoms with E-state index in [9.17, 15) is 4.79 Å². The van der Waals surface area contributed by atoms with Crippen molar-refractivity contribution in [3.63, 3.8) is 0 Å². The smallest absolute Gasteiger partial charge is 0.220 e. The van der Waals surface area contributed by atoms with Gasteiger partial charge in [-0.2, -0.15) is 0 Å². The third kappa shape index (κ3) is 4.91. The second kappa shape index (κ2) is 9.26. The van der Waals surface area contributed by atoms with E-state index in [4.69, 9.17) is 4.74 Å². The molecule has 0 aliphatic carbocycles. The van der Waals surface area contributed by atoms with E-state index >= 15 is 0 Å². The number of nitrogens with one attached hydrogen (secondary N) is 2. The molecule has 2 fully saturated rings. The first kappa shape index (κ1) is 19.0. The van der Waals surface area contributed by atoms with Crippen LogP contribution in [0.15, 0.2) is 24.3 Å². The molecule has 144 valence electrons. The van der Waals surface area contributed by atoms with Crippen LogP contribution in [0.3, 0.4) is 0 Å². The zero-order valence-electron chi connectivity index (χ0n) is 16.2. The molecule has 2 unspecified atom stereocenters. The van der Waals surface area contributed by atoms with Crippen molar-refractivity contribution in [2.24, 2.45) is 17.8 Å². The molecule has 2 saturated heterocycles. The number of carbonyl (C=O) groups is 1. The predicted molar refractivity (Wildman–Crippen MR) is 106 cm³/mol. The Bertz CT molecular complexity index is 586. The van der Waals surface area contributed by atoms with Crippen molar-refractivity contribution >= 4 is 11.6 Å². The number of methoxy groups -OCH3 is 1. The van der Waals surface area contributed by atoms with Gasteiger partial charge in [0.05, 0.1) is 12.8 Å². The van der Waals surface area contributed by atoms with Crippen LogP contribution < -0.4 is 20.3 Å². The number of para-hydroxylation sites is 2. The average Bonchev–Trinajstić information content (AvgIpc) is 3.16. The average molecular weight is 360 g/mol. The van der Waals surface area contributed by atoms with E-state index in [-0.39, 0.29) is 5.91 Å². The molecule has 2 aliphatic rings. The van der Waals surface area contributed by atoms with Gasteiger partial charge in [-0.15, -0.1) is 0 Å². The van der Waals surface area contributed by atoms with Crippen molar-refractivity contribution in [1.82, 2.24) is 10.6 Å². The number of anilines is 1. The summed E-state index contributed by atoms with van der Waals surface area (Å²) in [6.45, 7) is 7.20. The summed E-state index contributed by atoms with van der Waals surface area (Å²) in [6, 6.07) is 8.17. The fourth-order valence-corrected chi connectivity index (χ4v) is 4.31. The molecule has 0 spiro atoms. The molecular weight excluding hydrogens is 326 g/mol. The fraction of sp³-hybridized carbons (Fsp3) is 0.667. The van der Waals surface area contributed by atoms with Gasteiger partial charge in [-0.3, -0.25) is 4.79 Å². The molecule has 5 heteroatoms. The molecule has 0 aromatic heterocycles. The van der Waals surface area contributed by atoms with E-state index in [1.807, 2.05) is 12.1 Å². The van der Waals surface area contributed by atoms with Crippen LogP contribution in [0.2, 0.25) is 0 Å². The monoisotopic (exact) mass is 359 g/mol. The van der Waals surface area contributed by atoms with E-state index in [0.29, 0.717) is 24.2 Å². The van der Waals surface area contributed by atoms with Crippen molar-refractivity contribution in [3.05, 3.63) is 24.3 Å². The SMILES string of the molecule is COc1ccccc1N1CCC(CNC(=O)CC(C)C2CCNCC2)C1. The molecule has 1 amide bonds. The maximum atomic E-state index is 12.3. The van der Waals surface area contributed by atoms with Crippen LogP contribution in [-0.2, 0) is 4.79 Å². The van der Waals surface area contributed by atoms with Gasteiger partial charge in [0, 0.05) is 26.1 Å². The first-order valence-electron chi connectivity index (χ1n) is 10.0. The summed E-state index contributed by atoms with van der Waals surface area (Å²) in [4.78, 5) is 14.7. The van der Waals surface area contributed by atoms with E-state index in [2.05, 4.69) is 34.6 Å².